The van der Waals surface area contributed by atoms with Crippen LogP contribution in [0.3, 0.4) is 0 Å². The van der Waals surface area contributed by atoms with Crippen molar-refractivity contribution in [3.8, 4) is 11.8 Å². The maximum Gasteiger partial charge on any atom is 0.262 e. The molecule has 1 atom stereocenters. The summed E-state index contributed by atoms with van der Waals surface area (Å²) in [5, 5.41) is 12.5. The smallest absolute Gasteiger partial charge is 0.262 e. The number of hydrogen-bond acceptors (Lipinski definition) is 2. The normalized spacial score (nSPS) is 12.3. The molecule has 0 aliphatic rings. The van der Waals surface area contributed by atoms with Gasteiger partial charge in [-0.2, -0.15) is 5.26 Å². The van der Waals surface area contributed by atoms with E-state index in [1.165, 1.54) is 11.1 Å². The number of carbonyl (C=O) groups is 1. The van der Waals surface area contributed by atoms with E-state index in [1.54, 1.807) is 6.08 Å². The summed E-state index contributed by atoms with van der Waals surface area (Å²) in [4.78, 5) is 12.7. The van der Waals surface area contributed by atoms with Crippen molar-refractivity contribution in [2.24, 2.45) is 0 Å². The second-order valence-electron chi connectivity index (χ2n) is 7.66. The number of nitrogens with one attached hydrogen (secondary N) is 1. The molecule has 1 N–H and O–H groups in total. The highest BCUT2D eigenvalue weighted by atomic mass is 16.1. The Balaban J connectivity index is 1.92. The number of benzene rings is 2. The number of hydrogen-bond donors (Lipinski definition) is 1. The standard InChI is InChI=1S/C26H27N3O/c1-17-10-9-13-25(19(17)3)29-18(2)14-23(21(29)5)15-24(16-27)26(30)28-20(4)22-11-7-6-8-12-22/h6-15,20H,1-5H3,(H,28,30)/b24-15+/t20-/m0/s1. The van der Waals surface area contributed by atoms with Gasteiger partial charge in [0.2, 0.25) is 0 Å². The number of rotatable bonds is 5. The molecule has 4 nitrogen and oxygen atoms in total. The van der Waals surface area contributed by atoms with Crippen LogP contribution in [0.2, 0.25) is 0 Å². The summed E-state index contributed by atoms with van der Waals surface area (Å²) < 4.78 is 2.17. The van der Waals surface area contributed by atoms with Gasteiger partial charge in [-0.1, -0.05) is 42.5 Å². The lowest BCUT2D eigenvalue weighted by atomic mass is 10.1. The van der Waals surface area contributed by atoms with Gasteiger partial charge in [0.05, 0.1) is 6.04 Å². The van der Waals surface area contributed by atoms with Gasteiger partial charge in [0.1, 0.15) is 11.6 Å². The molecule has 30 heavy (non-hydrogen) atoms. The molecular formula is C26H27N3O. The van der Waals surface area contributed by atoms with Crippen molar-refractivity contribution < 1.29 is 4.79 Å². The van der Waals surface area contributed by atoms with Gasteiger partial charge in [0.15, 0.2) is 0 Å². The molecule has 0 bridgehead atoms. The van der Waals surface area contributed by atoms with Crippen LogP contribution in [0.4, 0.5) is 0 Å². The van der Waals surface area contributed by atoms with Gasteiger partial charge in [-0.25, -0.2) is 0 Å². The zero-order valence-corrected chi connectivity index (χ0v) is 18.2. The monoisotopic (exact) mass is 397 g/mol. The summed E-state index contributed by atoms with van der Waals surface area (Å²) >= 11 is 0. The summed E-state index contributed by atoms with van der Waals surface area (Å²) in [6.07, 6.45) is 1.68. The second kappa shape index (κ2) is 8.84. The lowest BCUT2D eigenvalue weighted by Crippen LogP contribution is -2.27. The predicted octanol–water partition coefficient (Wildman–Crippen LogP) is 5.50. The summed E-state index contributed by atoms with van der Waals surface area (Å²) in [5.74, 6) is -0.370. The highest BCUT2D eigenvalue weighted by Crippen LogP contribution is 2.26. The average Bonchev–Trinajstić information content (AvgIpc) is 3.01. The summed E-state index contributed by atoms with van der Waals surface area (Å²) in [7, 11) is 0. The number of aromatic nitrogens is 1. The first kappa shape index (κ1) is 21.1. The lowest BCUT2D eigenvalue weighted by molar-refractivity contribution is -0.117. The van der Waals surface area contributed by atoms with E-state index in [0.29, 0.717) is 0 Å². The number of nitrogens with zero attached hydrogens (tertiary/aromatic N) is 2. The quantitative estimate of drug-likeness (QED) is 0.457. The van der Waals surface area contributed by atoms with E-state index < -0.39 is 0 Å². The van der Waals surface area contributed by atoms with Gasteiger partial charge in [-0.3, -0.25) is 4.79 Å². The van der Waals surface area contributed by atoms with E-state index in [1.807, 2.05) is 63.2 Å². The molecule has 0 fully saturated rings. The SMILES string of the molecule is Cc1cccc(-n2c(C)cc(/C=C(\C#N)C(=O)N[C@@H](C)c3ccccc3)c2C)c1C. The number of carbonyl (C=O) groups excluding carboxylic acids is 1. The maximum atomic E-state index is 12.7. The summed E-state index contributed by atoms with van der Waals surface area (Å²) in [6, 6.07) is 19.8. The fourth-order valence-corrected chi connectivity index (χ4v) is 3.69. The molecule has 0 aliphatic heterocycles. The summed E-state index contributed by atoms with van der Waals surface area (Å²) in [5.41, 5.74) is 7.57. The minimum atomic E-state index is -0.370. The Labute approximate surface area is 178 Å². The van der Waals surface area contributed by atoms with Crippen LogP contribution in [0.15, 0.2) is 60.2 Å². The Hall–Kier alpha value is -3.58. The second-order valence-corrected chi connectivity index (χ2v) is 7.66. The van der Waals surface area contributed by atoms with Crippen molar-refractivity contribution in [3.63, 3.8) is 0 Å². The number of aryl methyl sites for hydroxylation is 2. The Morgan fingerprint density at radius 1 is 1.07 bits per heavy atom. The molecule has 0 saturated heterocycles. The van der Waals surface area contributed by atoms with Gasteiger partial charge >= 0.3 is 0 Å². The lowest BCUT2D eigenvalue weighted by Gasteiger charge is -2.15. The molecule has 152 valence electrons. The molecule has 0 aliphatic carbocycles. The molecule has 3 aromatic rings. The van der Waals surface area contributed by atoms with E-state index in [0.717, 1.165) is 28.2 Å². The van der Waals surface area contributed by atoms with Crippen LogP contribution in [-0.4, -0.2) is 10.5 Å². The van der Waals surface area contributed by atoms with Crippen molar-refractivity contribution in [2.45, 2.75) is 40.7 Å². The molecule has 3 rings (SSSR count). The van der Waals surface area contributed by atoms with Crippen LogP contribution in [0, 0.1) is 39.0 Å². The van der Waals surface area contributed by atoms with Crippen molar-refractivity contribution in [1.29, 1.82) is 5.26 Å². The largest absolute Gasteiger partial charge is 0.345 e. The van der Waals surface area contributed by atoms with E-state index in [9.17, 15) is 10.1 Å². The molecule has 1 aromatic heterocycles. The third-order valence-corrected chi connectivity index (χ3v) is 5.60. The fourth-order valence-electron chi connectivity index (χ4n) is 3.69. The predicted molar refractivity (Wildman–Crippen MR) is 121 cm³/mol. The van der Waals surface area contributed by atoms with Crippen LogP contribution < -0.4 is 5.32 Å². The fraction of sp³-hybridized carbons (Fsp3) is 0.231. The minimum absolute atomic E-state index is 0.0963. The van der Waals surface area contributed by atoms with Gasteiger partial charge in [-0.05, 0) is 75.1 Å². The van der Waals surface area contributed by atoms with Crippen molar-refractivity contribution in [3.05, 3.63) is 93.8 Å². The van der Waals surface area contributed by atoms with Gasteiger partial charge in [0, 0.05) is 17.1 Å². The highest BCUT2D eigenvalue weighted by Gasteiger charge is 2.17. The van der Waals surface area contributed by atoms with Crippen molar-refractivity contribution in [2.75, 3.05) is 0 Å². The Kier molecular flexibility index (Phi) is 6.23. The molecule has 0 saturated carbocycles. The first-order chi connectivity index (χ1) is 14.3. The van der Waals surface area contributed by atoms with Crippen LogP contribution in [0.1, 0.15) is 46.6 Å². The molecule has 2 aromatic carbocycles. The third-order valence-electron chi connectivity index (χ3n) is 5.60. The molecular weight excluding hydrogens is 370 g/mol. The number of amides is 1. The minimum Gasteiger partial charge on any atom is -0.345 e. The van der Waals surface area contributed by atoms with Crippen LogP contribution in [0.25, 0.3) is 11.8 Å². The van der Waals surface area contributed by atoms with Crippen LogP contribution in [0.5, 0.6) is 0 Å². The van der Waals surface area contributed by atoms with Gasteiger partial charge in [-0.15, -0.1) is 0 Å². The highest BCUT2D eigenvalue weighted by molar-refractivity contribution is 6.02. The zero-order chi connectivity index (χ0) is 21.8. The third kappa shape index (κ3) is 4.21. The number of nitriles is 1. The molecule has 0 unspecified atom stereocenters. The Bertz CT molecular complexity index is 1150. The first-order valence-electron chi connectivity index (χ1n) is 10.1. The molecule has 0 spiro atoms. The Morgan fingerprint density at radius 3 is 2.43 bits per heavy atom. The maximum absolute atomic E-state index is 12.7. The van der Waals surface area contributed by atoms with Crippen LogP contribution >= 0.6 is 0 Å². The molecule has 1 amide bonds. The van der Waals surface area contributed by atoms with Crippen molar-refractivity contribution in [1.82, 2.24) is 9.88 Å². The van der Waals surface area contributed by atoms with Gasteiger partial charge < -0.3 is 9.88 Å². The average molecular weight is 398 g/mol. The van der Waals surface area contributed by atoms with E-state index >= 15 is 0 Å². The van der Waals surface area contributed by atoms with E-state index in [2.05, 4.69) is 41.9 Å². The van der Waals surface area contributed by atoms with E-state index in [-0.39, 0.29) is 17.5 Å². The van der Waals surface area contributed by atoms with Crippen LogP contribution in [-0.2, 0) is 4.79 Å². The Morgan fingerprint density at radius 2 is 1.77 bits per heavy atom. The first-order valence-corrected chi connectivity index (χ1v) is 10.1. The topological polar surface area (TPSA) is 57.8 Å². The van der Waals surface area contributed by atoms with E-state index in [4.69, 9.17) is 0 Å². The summed E-state index contributed by atoms with van der Waals surface area (Å²) in [6.45, 7) is 10.2. The molecule has 4 heteroatoms. The van der Waals surface area contributed by atoms with Crippen molar-refractivity contribution >= 4 is 12.0 Å². The van der Waals surface area contributed by atoms with Gasteiger partial charge in [0.25, 0.3) is 5.91 Å². The molecule has 1 heterocycles. The molecule has 0 radical (unpaired) electrons. The zero-order valence-electron chi connectivity index (χ0n) is 18.2.